The number of rotatable bonds is 4. The van der Waals surface area contributed by atoms with Crippen molar-refractivity contribution in [2.45, 2.75) is 6.54 Å². The zero-order chi connectivity index (χ0) is 17.1. The summed E-state index contributed by atoms with van der Waals surface area (Å²) in [4.78, 5) is 6.35. The number of anilines is 1. The maximum Gasteiger partial charge on any atom is 0.101 e. The standard InChI is InChI=1S/C18H22N4O2/c1-21-12-13-6-2-3-7-14(13)18(22(20)10-11-24-23)17(19)15-8-4-5-9-16(15)21/h2-9,23H,10-12,19-20H2,1H3/b18-17-. The second-order valence-electron chi connectivity index (χ2n) is 5.82. The summed E-state index contributed by atoms with van der Waals surface area (Å²) in [5.41, 5.74) is 12.0. The molecule has 0 amide bonds. The van der Waals surface area contributed by atoms with Crippen LogP contribution in [0.1, 0.15) is 16.7 Å². The summed E-state index contributed by atoms with van der Waals surface area (Å²) in [6.07, 6.45) is 0. The highest BCUT2D eigenvalue weighted by Gasteiger charge is 2.23. The monoisotopic (exact) mass is 326 g/mol. The van der Waals surface area contributed by atoms with Gasteiger partial charge in [0.05, 0.1) is 17.9 Å². The smallest absolute Gasteiger partial charge is 0.101 e. The van der Waals surface area contributed by atoms with Crippen LogP contribution in [0.25, 0.3) is 11.4 Å². The molecule has 0 aromatic heterocycles. The molecule has 1 aliphatic rings. The van der Waals surface area contributed by atoms with E-state index in [9.17, 15) is 0 Å². The van der Waals surface area contributed by atoms with Crippen molar-refractivity contribution in [3.05, 3.63) is 65.2 Å². The first-order valence-electron chi connectivity index (χ1n) is 7.80. The summed E-state index contributed by atoms with van der Waals surface area (Å²) < 4.78 is 0. The third kappa shape index (κ3) is 2.94. The lowest BCUT2D eigenvalue weighted by Crippen LogP contribution is -2.35. The number of hydrazine groups is 1. The van der Waals surface area contributed by atoms with Gasteiger partial charge in [0.15, 0.2) is 0 Å². The van der Waals surface area contributed by atoms with Gasteiger partial charge in [0.25, 0.3) is 0 Å². The van der Waals surface area contributed by atoms with Crippen molar-refractivity contribution >= 4 is 17.1 Å². The maximum atomic E-state index is 8.63. The van der Waals surface area contributed by atoms with Crippen molar-refractivity contribution in [2.75, 3.05) is 25.1 Å². The van der Waals surface area contributed by atoms with Gasteiger partial charge in [0.2, 0.25) is 0 Å². The zero-order valence-electron chi connectivity index (χ0n) is 13.6. The molecule has 0 saturated carbocycles. The number of nitrogens with two attached hydrogens (primary N) is 2. The minimum Gasteiger partial charge on any atom is -0.396 e. The largest absolute Gasteiger partial charge is 0.396 e. The Hall–Kier alpha value is -2.54. The molecule has 2 aromatic carbocycles. The molecule has 3 rings (SSSR count). The minimum absolute atomic E-state index is 0.0942. The van der Waals surface area contributed by atoms with Gasteiger partial charge in [0, 0.05) is 30.4 Å². The van der Waals surface area contributed by atoms with E-state index < -0.39 is 0 Å². The van der Waals surface area contributed by atoms with Gasteiger partial charge in [-0.1, -0.05) is 42.5 Å². The van der Waals surface area contributed by atoms with Crippen LogP contribution in [-0.2, 0) is 11.4 Å². The number of benzene rings is 2. The fraction of sp³-hybridized carbons (Fsp3) is 0.222. The molecule has 6 heteroatoms. The lowest BCUT2D eigenvalue weighted by Gasteiger charge is -2.31. The molecule has 5 N–H and O–H groups in total. The van der Waals surface area contributed by atoms with Crippen LogP contribution in [0.4, 0.5) is 5.69 Å². The zero-order valence-corrected chi connectivity index (χ0v) is 13.6. The Morgan fingerprint density at radius 3 is 2.54 bits per heavy atom. The van der Waals surface area contributed by atoms with Crippen molar-refractivity contribution in [1.82, 2.24) is 5.01 Å². The van der Waals surface area contributed by atoms with E-state index in [-0.39, 0.29) is 6.61 Å². The highest BCUT2D eigenvalue weighted by Crippen LogP contribution is 2.35. The topological polar surface area (TPSA) is 88.0 Å². The van der Waals surface area contributed by atoms with E-state index in [1.54, 1.807) is 0 Å². The lowest BCUT2D eigenvalue weighted by molar-refractivity contribution is -0.243. The highest BCUT2D eigenvalue weighted by molar-refractivity contribution is 5.93. The van der Waals surface area contributed by atoms with Gasteiger partial charge in [-0.3, -0.25) is 5.26 Å². The average Bonchev–Trinajstić information content (AvgIpc) is 2.60. The van der Waals surface area contributed by atoms with Crippen LogP contribution >= 0.6 is 0 Å². The van der Waals surface area contributed by atoms with Gasteiger partial charge >= 0.3 is 0 Å². The number of para-hydroxylation sites is 1. The van der Waals surface area contributed by atoms with Crippen molar-refractivity contribution < 1.29 is 10.1 Å². The highest BCUT2D eigenvalue weighted by atomic mass is 17.1. The maximum absolute atomic E-state index is 8.63. The number of hydrogen-bond donors (Lipinski definition) is 3. The predicted molar refractivity (Wildman–Crippen MR) is 95.5 cm³/mol. The summed E-state index contributed by atoms with van der Waals surface area (Å²) >= 11 is 0. The minimum atomic E-state index is 0.0942. The van der Waals surface area contributed by atoms with E-state index in [0.29, 0.717) is 12.2 Å². The molecule has 126 valence electrons. The van der Waals surface area contributed by atoms with Crippen molar-refractivity contribution in [1.29, 1.82) is 0 Å². The Balaban J connectivity index is 2.22. The number of fused-ring (bicyclic) bond motifs is 2. The quantitative estimate of drug-likeness (QED) is 0.453. The molecule has 0 aliphatic carbocycles. The lowest BCUT2D eigenvalue weighted by atomic mass is 9.96. The molecule has 1 aliphatic heterocycles. The first-order chi connectivity index (χ1) is 11.6. The second kappa shape index (κ2) is 6.92. The Morgan fingerprint density at radius 2 is 1.79 bits per heavy atom. The Labute approximate surface area is 141 Å². The van der Waals surface area contributed by atoms with E-state index in [0.717, 1.165) is 34.6 Å². The van der Waals surface area contributed by atoms with Gasteiger partial charge in [-0.15, -0.1) is 0 Å². The average molecular weight is 326 g/mol. The normalized spacial score (nSPS) is 16.9. The molecule has 0 bridgehead atoms. The molecule has 0 radical (unpaired) electrons. The molecule has 0 atom stereocenters. The third-order valence-electron chi connectivity index (χ3n) is 4.25. The molecule has 0 fully saturated rings. The van der Waals surface area contributed by atoms with Gasteiger partial charge in [-0.2, -0.15) is 0 Å². The Kier molecular flexibility index (Phi) is 4.71. The van der Waals surface area contributed by atoms with Crippen LogP contribution in [0.15, 0.2) is 48.5 Å². The molecule has 0 saturated heterocycles. The van der Waals surface area contributed by atoms with Crippen LogP contribution in [-0.4, -0.2) is 30.5 Å². The van der Waals surface area contributed by atoms with Gasteiger partial charge < -0.3 is 15.6 Å². The SMILES string of the molecule is CN1Cc2ccccc2/C(N(N)CCOO)=C(/N)c2ccccc21. The van der Waals surface area contributed by atoms with Gasteiger partial charge in [-0.05, 0) is 11.6 Å². The van der Waals surface area contributed by atoms with Crippen LogP contribution in [0.5, 0.6) is 0 Å². The second-order valence-corrected chi connectivity index (χ2v) is 5.82. The number of nitrogens with zero attached hydrogens (tertiary/aromatic N) is 2. The molecule has 24 heavy (non-hydrogen) atoms. The van der Waals surface area contributed by atoms with Crippen LogP contribution < -0.4 is 16.5 Å². The van der Waals surface area contributed by atoms with Crippen LogP contribution in [0, 0.1) is 0 Å². The van der Waals surface area contributed by atoms with Crippen LogP contribution in [0.2, 0.25) is 0 Å². The molecular weight excluding hydrogens is 304 g/mol. The summed E-state index contributed by atoms with van der Waals surface area (Å²) in [6, 6.07) is 16.1. The number of hydrogen-bond acceptors (Lipinski definition) is 6. The van der Waals surface area contributed by atoms with E-state index in [4.69, 9.17) is 16.8 Å². The van der Waals surface area contributed by atoms with Gasteiger partial charge in [0.1, 0.15) is 6.61 Å². The van der Waals surface area contributed by atoms with E-state index in [1.807, 2.05) is 49.5 Å². The van der Waals surface area contributed by atoms with Crippen molar-refractivity contribution in [3.63, 3.8) is 0 Å². The van der Waals surface area contributed by atoms with Crippen molar-refractivity contribution in [3.8, 4) is 0 Å². The molecule has 0 unspecified atom stereocenters. The summed E-state index contributed by atoms with van der Waals surface area (Å²) in [6.45, 7) is 1.16. The molecule has 2 aromatic rings. The Morgan fingerprint density at radius 1 is 1.12 bits per heavy atom. The third-order valence-corrected chi connectivity index (χ3v) is 4.25. The summed E-state index contributed by atoms with van der Waals surface area (Å²) in [5.74, 6) is 6.24. The predicted octanol–water partition coefficient (Wildman–Crippen LogP) is 2.09. The van der Waals surface area contributed by atoms with Crippen LogP contribution in [0.3, 0.4) is 0 Å². The Bertz CT molecular complexity index is 760. The fourth-order valence-electron chi connectivity index (χ4n) is 3.10. The van der Waals surface area contributed by atoms with Crippen molar-refractivity contribution in [2.24, 2.45) is 11.6 Å². The molecule has 0 spiro atoms. The molecular formula is C18H22N4O2. The van der Waals surface area contributed by atoms with E-state index in [2.05, 4.69) is 15.9 Å². The van der Waals surface area contributed by atoms with E-state index in [1.165, 1.54) is 5.01 Å². The first-order valence-corrected chi connectivity index (χ1v) is 7.80. The fourth-order valence-corrected chi connectivity index (χ4v) is 3.10. The molecule has 6 nitrogen and oxygen atoms in total. The summed E-state index contributed by atoms with van der Waals surface area (Å²) in [5, 5.41) is 10.2. The first kappa shape index (κ1) is 16.3. The molecule has 1 heterocycles. The van der Waals surface area contributed by atoms with E-state index >= 15 is 0 Å². The van der Waals surface area contributed by atoms with Gasteiger partial charge in [-0.25, -0.2) is 10.7 Å². The summed E-state index contributed by atoms with van der Waals surface area (Å²) in [7, 11) is 2.05.